The number of ether oxygens (including phenoxy) is 1. The quantitative estimate of drug-likeness (QED) is 0.790. The van der Waals surface area contributed by atoms with Gasteiger partial charge < -0.3 is 19.9 Å². The number of piperazine rings is 1. The zero-order valence-corrected chi connectivity index (χ0v) is 16.6. The molecular weight excluding hydrogens is 404 g/mol. The zero-order chi connectivity index (χ0) is 21.2. The van der Waals surface area contributed by atoms with Gasteiger partial charge in [-0.25, -0.2) is 8.78 Å². The van der Waals surface area contributed by atoms with Crippen LogP contribution < -0.4 is 15.0 Å². The Balaban J connectivity index is 0.000000941. The Morgan fingerprint density at radius 2 is 1.66 bits per heavy atom. The summed E-state index contributed by atoms with van der Waals surface area (Å²) < 4.78 is 48.5. The third-order valence-corrected chi connectivity index (χ3v) is 4.41. The molecule has 2 aromatic rings. The highest BCUT2D eigenvalue weighted by molar-refractivity contribution is 7.51. The molecule has 1 aliphatic heterocycles. The van der Waals surface area contributed by atoms with Crippen LogP contribution in [0.15, 0.2) is 42.5 Å². The van der Waals surface area contributed by atoms with Crippen molar-refractivity contribution in [2.24, 2.45) is 0 Å². The lowest BCUT2D eigenvalue weighted by atomic mass is 10.2. The standard InChI is InChI=1S/C19H21F2N3O2.O2S/c1-22-14-2-5-16(6-3-14)26-13-19(25)24-10-8-23(9-11-24)15-4-7-17(20)18(21)12-15;1-3-2/h2-7,12,22H,8-11,13H2,1H3;. The highest BCUT2D eigenvalue weighted by atomic mass is 32.1. The monoisotopic (exact) mass is 425 g/mol. The normalized spacial score (nSPS) is 13.2. The largest absolute Gasteiger partial charge is 0.484 e. The number of anilines is 2. The average molecular weight is 425 g/mol. The lowest BCUT2D eigenvalue weighted by molar-refractivity contribution is -0.133. The van der Waals surface area contributed by atoms with Crippen molar-refractivity contribution in [1.29, 1.82) is 0 Å². The Bertz CT molecular complexity index is 853. The number of carbonyl (C=O) groups excluding carboxylic acids is 1. The summed E-state index contributed by atoms with van der Waals surface area (Å²) in [5.74, 6) is -1.17. The molecule has 3 rings (SSSR count). The first-order valence-electron chi connectivity index (χ1n) is 8.78. The first-order chi connectivity index (χ1) is 14.0. The van der Waals surface area contributed by atoms with Crippen LogP contribution in [0.4, 0.5) is 20.2 Å². The van der Waals surface area contributed by atoms with Crippen molar-refractivity contribution in [3.05, 3.63) is 54.1 Å². The van der Waals surface area contributed by atoms with Crippen molar-refractivity contribution < 1.29 is 26.7 Å². The molecule has 0 bridgehead atoms. The number of halogens is 2. The average Bonchev–Trinajstić information content (AvgIpc) is 2.75. The van der Waals surface area contributed by atoms with Crippen molar-refractivity contribution in [3.8, 4) is 5.75 Å². The van der Waals surface area contributed by atoms with Gasteiger partial charge in [0, 0.05) is 50.7 Å². The summed E-state index contributed by atoms with van der Waals surface area (Å²) in [4.78, 5) is 16.0. The summed E-state index contributed by atoms with van der Waals surface area (Å²) in [5, 5.41) is 3.02. The fourth-order valence-electron chi connectivity index (χ4n) is 2.85. The molecular formula is C19H21F2N3O4S. The second-order valence-electron chi connectivity index (χ2n) is 6.10. The molecule has 1 saturated heterocycles. The fraction of sp³-hybridized carbons (Fsp3) is 0.316. The summed E-state index contributed by atoms with van der Waals surface area (Å²) in [5.41, 5.74) is 1.59. The van der Waals surface area contributed by atoms with Gasteiger partial charge in [0.05, 0.1) is 0 Å². The number of amides is 1. The molecule has 0 atom stereocenters. The van der Waals surface area contributed by atoms with Crippen molar-refractivity contribution in [3.63, 3.8) is 0 Å². The number of nitrogens with one attached hydrogen (secondary N) is 1. The molecule has 29 heavy (non-hydrogen) atoms. The molecule has 0 radical (unpaired) electrons. The molecule has 0 saturated carbocycles. The van der Waals surface area contributed by atoms with E-state index in [-0.39, 0.29) is 12.5 Å². The summed E-state index contributed by atoms with van der Waals surface area (Å²) in [6.45, 7) is 2.13. The van der Waals surface area contributed by atoms with E-state index in [1.54, 1.807) is 23.1 Å². The molecule has 2 aromatic carbocycles. The van der Waals surface area contributed by atoms with E-state index in [4.69, 9.17) is 13.2 Å². The van der Waals surface area contributed by atoms with E-state index >= 15 is 0 Å². The maximum Gasteiger partial charge on any atom is 0.335 e. The van der Waals surface area contributed by atoms with E-state index in [9.17, 15) is 13.6 Å². The van der Waals surface area contributed by atoms with Crippen LogP contribution in [0.1, 0.15) is 0 Å². The van der Waals surface area contributed by atoms with Crippen LogP contribution in [-0.2, 0) is 16.4 Å². The van der Waals surface area contributed by atoms with Gasteiger partial charge in [0.1, 0.15) is 5.75 Å². The van der Waals surface area contributed by atoms with Gasteiger partial charge in [-0.15, -0.1) is 0 Å². The lowest BCUT2D eigenvalue weighted by Crippen LogP contribution is -2.50. The van der Waals surface area contributed by atoms with Crippen LogP contribution in [0.2, 0.25) is 0 Å². The van der Waals surface area contributed by atoms with E-state index in [0.29, 0.717) is 37.6 Å². The predicted octanol–water partition coefficient (Wildman–Crippen LogP) is 2.06. The SMILES string of the molecule is CNc1ccc(OCC(=O)N2CCN(c3ccc(F)c(F)c3)CC2)cc1.O=S=O. The van der Waals surface area contributed by atoms with Gasteiger partial charge in [-0.1, -0.05) is 0 Å². The van der Waals surface area contributed by atoms with Crippen LogP contribution in [0.3, 0.4) is 0 Å². The fourth-order valence-corrected chi connectivity index (χ4v) is 2.85. The van der Waals surface area contributed by atoms with Gasteiger partial charge in [-0.3, -0.25) is 4.79 Å². The first-order valence-corrected chi connectivity index (χ1v) is 9.45. The molecule has 0 aromatic heterocycles. The molecule has 0 aliphatic carbocycles. The number of nitrogens with zero attached hydrogens (tertiary/aromatic N) is 2. The Kier molecular flexibility index (Phi) is 8.53. The molecule has 1 fully saturated rings. The number of hydrogen-bond donors (Lipinski definition) is 1. The molecule has 1 N–H and O–H groups in total. The highest BCUT2D eigenvalue weighted by Crippen LogP contribution is 2.20. The number of hydrogen-bond acceptors (Lipinski definition) is 6. The maximum atomic E-state index is 13.4. The van der Waals surface area contributed by atoms with Gasteiger partial charge in [0.15, 0.2) is 18.2 Å². The van der Waals surface area contributed by atoms with Crippen molar-refractivity contribution in [1.82, 2.24) is 4.90 Å². The Morgan fingerprint density at radius 3 is 2.21 bits per heavy atom. The van der Waals surface area contributed by atoms with Crippen LogP contribution in [0.5, 0.6) is 5.75 Å². The topological polar surface area (TPSA) is 79.0 Å². The second kappa shape index (κ2) is 11.1. The Morgan fingerprint density at radius 1 is 1.03 bits per heavy atom. The van der Waals surface area contributed by atoms with Crippen LogP contribution >= 0.6 is 0 Å². The highest BCUT2D eigenvalue weighted by Gasteiger charge is 2.22. The summed E-state index contributed by atoms with van der Waals surface area (Å²) in [6.07, 6.45) is 0. The minimum Gasteiger partial charge on any atom is -0.484 e. The van der Waals surface area contributed by atoms with Gasteiger partial charge in [0.2, 0.25) is 0 Å². The molecule has 0 spiro atoms. The molecule has 7 nitrogen and oxygen atoms in total. The molecule has 1 aliphatic rings. The third-order valence-electron chi connectivity index (χ3n) is 4.41. The molecule has 1 amide bonds. The van der Waals surface area contributed by atoms with Crippen LogP contribution in [0.25, 0.3) is 0 Å². The van der Waals surface area contributed by atoms with Crippen molar-refractivity contribution >= 4 is 28.9 Å². The van der Waals surface area contributed by atoms with E-state index < -0.39 is 23.2 Å². The van der Waals surface area contributed by atoms with Gasteiger partial charge in [0.25, 0.3) is 5.91 Å². The third kappa shape index (κ3) is 6.53. The Labute approximate surface area is 170 Å². The maximum absolute atomic E-state index is 13.4. The summed E-state index contributed by atoms with van der Waals surface area (Å²) >= 11 is -0.750. The van der Waals surface area contributed by atoms with Crippen LogP contribution in [-0.4, -0.2) is 59.1 Å². The van der Waals surface area contributed by atoms with E-state index in [1.807, 2.05) is 24.1 Å². The van der Waals surface area contributed by atoms with Gasteiger partial charge in [-0.2, -0.15) is 8.42 Å². The lowest BCUT2D eigenvalue weighted by Gasteiger charge is -2.36. The van der Waals surface area contributed by atoms with Crippen molar-refractivity contribution in [2.75, 3.05) is 50.1 Å². The summed E-state index contributed by atoms with van der Waals surface area (Å²) in [6, 6.07) is 11.2. The first kappa shape index (κ1) is 22.3. The predicted molar refractivity (Wildman–Crippen MR) is 106 cm³/mol. The number of rotatable bonds is 5. The van der Waals surface area contributed by atoms with E-state index in [1.165, 1.54) is 6.07 Å². The summed E-state index contributed by atoms with van der Waals surface area (Å²) in [7, 11) is 1.83. The molecule has 156 valence electrons. The Hall–Kier alpha value is -3.01. The number of carbonyl (C=O) groups is 1. The minimum atomic E-state index is -0.862. The molecule has 1 heterocycles. The zero-order valence-electron chi connectivity index (χ0n) is 15.8. The van der Waals surface area contributed by atoms with E-state index in [2.05, 4.69) is 5.32 Å². The van der Waals surface area contributed by atoms with Crippen LogP contribution in [0, 0.1) is 11.6 Å². The minimum absolute atomic E-state index is 0.0237. The smallest absolute Gasteiger partial charge is 0.335 e. The molecule has 0 unspecified atom stereocenters. The van der Waals surface area contributed by atoms with Gasteiger partial charge in [-0.05, 0) is 36.4 Å². The van der Waals surface area contributed by atoms with Crippen molar-refractivity contribution in [2.45, 2.75) is 0 Å². The number of benzene rings is 2. The molecule has 10 heteroatoms. The van der Waals surface area contributed by atoms with E-state index in [0.717, 1.165) is 11.8 Å². The van der Waals surface area contributed by atoms with Gasteiger partial charge >= 0.3 is 11.6 Å². The second-order valence-corrected chi connectivity index (χ2v) is 6.23.